The van der Waals surface area contributed by atoms with Crippen LogP contribution in [0.1, 0.15) is 12.8 Å². The Kier molecular flexibility index (Phi) is 2.16. The van der Waals surface area contributed by atoms with E-state index in [0.717, 1.165) is 18.8 Å². The zero-order valence-electron chi connectivity index (χ0n) is 8.65. The van der Waals surface area contributed by atoms with Gasteiger partial charge in [-0.15, -0.1) is 0 Å². The molecule has 2 aliphatic heterocycles. The van der Waals surface area contributed by atoms with Gasteiger partial charge in [0.1, 0.15) is 11.8 Å². The topological polar surface area (TPSA) is 38.8 Å². The van der Waals surface area contributed by atoms with Gasteiger partial charge in [-0.25, -0.2) is 4.79 Å². The second-order valence-corrected chi connectivity index (χ2v) is 4.36. The average Bonchev–Trinajstić information content (AvgIpc) is 3.04. The number of cyclic esters (lactones) is 1. The van der Waals surface area contributed by atoms with E-state index in [-0.39, 0.29) is 12.1 Å². The first-order valence-electron chi connectivity index (χ1n) is 5.60. The summed E-state index contributed by atoms with van der Waals surface area (Å²) in [6.07, 6.45) is 4.46. The van der Waals surface area contributed by atoms with Crippen LogP contribution in [-0.2, 0) is 14.3 Å². The molecule has 0 N–H and O–H groups in total. The second-order valence-electron chi connectivity index (χ2n) is 4.36. The summed E-state index contributed by atoms with van der Waals surface area (Å²) in [5, 5.41) is 0. The molecule has 0 aromatic carbocycles. The van der Waals surface area contributed by atoms with E-state index < -0.39 is 0 Å². The highest BCUT2D eigenvalue weighted by molar-refractivity contribution is 5.90. The zero-order chi connectivity index (χ0) is 10.3. The molecule has 2 fully saturated rings. The molecule has 0 spiro atoms. The van der Waals surface area contributed by atoms with Gasteiger partial charge in [0.2, 0.25) is 0 Å². The van der Waals surface area contributed by atoms with Crippen molar-refractivity contribution < 1.29 is 14.3 Å². The minimum absolute atomic E-state index is 0.0512. The minimum atomic E-state index is -0.145. The Morgan fingerprint density at radius 2 is 2.00 bits per heavy atom. The van der Waals surface area contributed by atoms with E-state index in [1.165, 1.54) is 12.8 Å². The average molecular weight is 209 g/mol. The van der Waals surface area contributed by atoms with E-state index in [0.29, 0.717) is 19.1 Å². The first-order chi connectivity index (χ1) is 7.34. The number of rotatable bonds is 2. The summed E-state index contributed by atoms with van der Waals surface area (Å²) >= 11 is 0. The number of morpholine rings is 1. The third kappa shape index (κ3) is 1.74. The molecular formula is C11H15NO3. The molecule has 1 unspecified atom stereocenters. The largest absolute Gasteiger partial charge is 0.453 e. The maximum absolute atomic E-state index is 11.6. The summed E-state index contributed by atoms with van der Waals surface area (Å²) in [4.78, 5) is 13.7. The Bertz CT molecular complexity index is 303. The van der Waals surface area contributed by atoms with E-state index in [1.807, 2.05) is 6.08 Å². The van der Waals surface area contributed by atoms with Crippen LogP contribution in [0.5, 0.6) is 0 Å². The van der Waals surface area contributed by atoms with E-state index in [4.69, 9.17) is 9.47 Å². The Hall–Kier alpha value is -1.03. The molecule has 3 rings (SSSR count). The fraction of sp³-hybridized carbons (Fsp3) is 0.727. The molecule has 1 saturated carbocycles. The monoisotopic (exact) mass is 209 g/mol. The van der Waals surface area contributed by atoms with Gasteiger partial charge in [-0.2, -0.15) is 0 Å². The number of ether oxygens (including phenoxy) is 2. The van der Waals surface area contributed by atoms with Gasteiger partial charge < -0.3 is 14.4 Å². The maximum atomic E-state index is 11.6. The molecule has 0 aromatic rings. The zero-order valence-corrected chi connectivity index (χ0v) is 8.65. The van der Waals surface area contributed by atoms with Crippen LogP contribution in [0.2, 0.25) is 0 Å². The number of hydrogen-bond donors (Lipinski definition) is 0. The highest BCUT2D eigenvalue weighted by Gasteiger charge is 2.39. The van der Waals surface area contributed by atoms with Crippen LogP contribution in [0.4, 0.5) is 0 Å². The van der Waals surface area contributed by atoms with Crippen LogP contribution in [0.15, 0.2) is 11.8 Å². The second kappa shape index (κ2) is 3.52. The highest BCUT2D eigenvalue weighted by atomic mass is 16.6. The molecule has 1 aliphatic carbocycles. The smallest absolute Gasteiger partial charge is 0.355 e. The van der Waals surface area contributed by atoms with Gasteiger partial charge in [0.05, 0.1) is 13.2 Å². The van der Waals surface area contributed by atoms with Crippen molar-refractivity contribution in [2.75, 3.05) is 26.3 Å². The Labute approximate surface area is 88.8 Å². The predicted molar refractivity (Wildman–Crippen MR) is 53.1 cm³/mol. The van der Waals surface area contributed by atoms with Crippen LogP contribution < -0.4 is 0 Å². The first kappa shape index (κ1) is 9.21. The van der Waals surface area contributed by atoms with Crippen LogP contribution in [0.3, 0.4) is 0 Å². The quantitative estimate of drug-likeness (QED) is 0.622. The van der Waals surface area contributed by atoms with Gasteiger partial charge in [-0.1, -0.05) is 0 Å². The normalized spacial score (nSPS) is 31.5. The lowest BCUT2D eigenvalue weighted by atomic mass is 10.2. The van der Waals surface area contributed by atoms with Gasteiger partial charge in [0.15, 0.2) is 0 Å². The molecule has 0 amide bonds. The van der Waals surface area contributed by atoms with Gasteiger partial charge in [-0.3, -0.25) is 0 Å². The highest BCUT2D eigenvalue weighted by Crippen LogP contribution is 2.38. The third-order valence-corrected chi connectivity index (χ3v) is 3.21. The summed E-state index contributed by atoms with van der Waals surface area (Å²) in [7, 11) is 0. The molecular weight excluding hydrogens is 194 g/mol. The molecule has 1 saturated heterocycles. The number of esters is 1. The molecule has 4 heteroatoms. The summed E-state index contributed by atoms with van der Waals surface area (Å²) in [5.41, 5.74) is 0.759. The molecule has 0 radical (unpaired) electrons. The maximum Gasteiger partial charge on any atom is 0.355 e. The van der Waals surface area contributed by atoms with Crippen LogP contribution in [0, 0.1) is 5.92 Å². The molecule has 4 nitrogen and oxygen atoms in total. The minimum Gasteiger partial charge on any atom is -0.453 e. The van der Waals surface area contributed by atoms with Crippen molar-refractivity contribution in [2.24, 2.45) is 5.92 Å². The van der Waals surface area contributed by atoms with Crippen molar-refractivity contribution in [2.45, 2.75) is 18.9 Å². The molecule has 3 aliphatic rings. The van der Waals surface area contributed by atoms with Crippen LogP contribution in [0.25, 0.3) is 0 Å². The molecule has 82 valence electrons. The fourth-order valence-electron chi connectivity index (χ4n) is 2.14. The summed E-state index contributed by atoms with van der Waals surface area (Å²) in [6.45, 7) is 3.02. The van der Waals surface area contributed by atoms with Crippen molar-refractivity contribution in [3.63, 3.8) is 0 Å². The van der Waals surface area contributed by atoms with E-state index in [2.05, 4.69) is 4.90 Å². The van der Waals surface area contributed by atoms with Gasteiger partial charge in [0.25, 0.3) is 0 Å². The molecule has 0 bridgehead atoms. The number of hydrogen-bond acceptors (Lipinski definition) is 4. The number of carbonyl (C=O) groups is 1. The molecule has 2 heterocycles. The summed E-state index contributed by atoms with van der Waals surface area (Å²) < 4.78 is 10.6. The van der Waals surface area contributed by atoms with Gasteiger partial charge >= 0.3 is 5.97 Å². The van der Waals surface area contributed by atoms with Gasteiger partial charge in [0, 0.05) is 13.1 Å². The van der Waals surface area contributed by atoms with Crippen molar-refractivity contribution in [1.29, 1.82) is 0 Å². The Balaban J connectivity index is 1.72. The van der Waals surface area contributed by atoms with E-state index >= 15 is 0 Å². The predicted octanol–water partition coefficient (Wildman–Crippen LogP) is 0.538. The van der Waals surface area contributed by atoms with Crippen molar-refractivity contribution in [3.05, 3.63) is 11.8 Å². The van der Waals surface area contributed by atoms with Crippen molar-refractivity contribution in [1.82, 2.24) is 4.90 Å². The lowest BCUT2D eigenvalue weighted by Crippen LogP contribution is -2.37. The van der Waals surface area contributed by atoms with E-state index in [1.54, 1.807) is 0 Å². The lowest BCUT2D eigenvalue weighted by Gasteiger charge is -2.27. The molecule has 0 aromatic heterocycles. The first-order valence-corrected chi connectivity index (χ1v) is 5.60. The van der Waals surface area contributed by atoms with Gasteiger partial charge in [-0.05, 0) is 24.8 Å². The fourth-order valence-corrected chi connectivity index (χ4v) is 2.14. The Morgan fingerprint density at radius 3 is 2.67 bits per heavy atom. The number of nitrogens with zero attached hydrogens (tertiary/aromatic N) is 1. The van der Waals surface area contributed by atoms with Crippen molar-refractivity contribution >= 4 is 5.97 Å². The summed E-state index contributed by atoms with van der Waals surface area (Å²) in [6, 6.07) is 0. The Morgan fingerprint density at radius 1 is 1.27 bits per heavy atom. The van der Waals surface area contributed by atoms with Crippen molar-refractivity contribution in [3.8, 4) is 0 Å². The van der Waals surface area contributed by atoms with Crippen LogP contribution in [-0.4, -0.2) is 43.3 Å². The van der Waals surface area contributed by atoms with E-state index in [9.17, 15) is 4.79 Å². The van der Waals surface area contributed by atoms with Crippen LogP contribution >= 0.6 is 0 Å². The number of carbonyl (C=O) groups excluding carboxylic acids is 1. The standard InChI is InChI=1S/C11H15NO3/c13-11-9(12-3-5-14-6-4-12)7-10(15-11)8-1-2-8/h7-8,10H,1-6H2. The summed E-state index contributed by atoms with van der Waals surface area (Å²) in [5.74, 6) is 0.446. The SMILES string of the molecule is O=C1OC(C2CC2)C=C1N1CCOCC1. The molecule has 15 heavy (non-hydrogen) atoms. The third-order valence-electron chi connectivity index (χ3n) is 3.21. The molecule has 1 atom stereocenters. The lowest BCUT2D eigenvalue weighted by molar-refractivity contribution is -0.142.